The first-order chi connectivity index (χ1) is 9.63. The summed E-state index contributed by atoms with van der Waals surface area (Å²) >= 11 is 9.71. The molecule has 2 aromatic rings. The van der Waals surface area contributed by atoms with Gasteiger partial charge >= 0.3 is 0 Å². The molecular formula is C16H17BrClNO. The SMILES string of the molecule is CCCOc1ccc(C(N)c2cccc(Br)c2Cl)cc1. The van der Waals surface area contributed by atoms with Crippen LogP contribution in [0.15, 0.2) is 46.9 Å². The van der Waals surface area contributed by atoms with Crippen molar-refractivity contribution in [3.05, 3.63) is 63.1 Å². The molecule has 0 bridgehead atoms. The topological polar surface area (TPSA) is 35.2 Å². The van der Waals surface area contributed by atoms with E-state index < -0.39 is 0 Å². The molecule has 2 rings (SSSR count). The average molecular weight is 355 g/mol. The molecule has 1 atom stereocenters. The molecule has 0 aliphatic rings. The third-order valence-electron chi connectivity index (χ3n) is 3.03. The molecule has 2 N–H and O–H groups in total. The van der Waals surface area contributed by atoms with Gasteiger partial charge in [-0.2, -0.15) is 0 Å². The Labute approximate surface area is 133 Å². The van der Waals surface area contributed by atoms with Gasteiger partial charge in [0.1, 0.15) is 5.75 Å². The minimum absolute atomic E-state index is 0.250. The molecule has 2 nitrogen and oxygen atoms in total. The van der Waals surface area contributed by atoms with Crippen molar-refractivity contribution in [1.82, 2.24) is 0 Å². The van der Waals surface area contributed by atoms with E-state index in [0.29, 0.717) is 5.02 Å². The van der Waals surface area contributed by atoms with Crippen LogP contribution in [0.1, 0.15) is 30.5 Å². The molecule has 0 aliphatic carbocycles. The van der Waals surface area contributed by atoms with Gasteiger partial charge in [-0.05, 0) is 51.7 Å². The number of halogens is 2. The molecule has 4 heteroatoms. The van der Waals surface area contributed by atoms with Gasteiger partial charge in [0, 0.05) is 4.47 Å². The monoisotopic (exact) mass is 353 g/mol. The molecule has 0 heterocycles. The van der Waals surface area contributed by atoms with E-state index in [-0.39, 0.29) is 6.04 Å². The summed E-state index contributed by atoms with van der Waals surface area (Å²) in [5, 5.41) is 0.659. The van der Waals surface area contributed by atoms with Crippen molar-refractivity contribution >= 4 is 27.5 Å². The highest BCUT2D eigenvalue weighted by atomic mass is 79.9. The van der Waals surface area contributed by atoms with Gasteiger partial charge in [-0.25, -0.2) is 0 Å². The standard InChI is InChI=1S/C16H17BrClNO/c1-2-10-20-12-8-6-11(7-9-12)16(19)13-4-3-5-14(17)15(13)18/h3-9,16H,2,10,19H2,1H3. The van der Waals surface area contributed by atoms with Crippen LogP contribution in [0.25, 0.3) is 0 Å². The predicted octanol–water partition coefficient (Wildman–Crippen LogP) is 4.94. The number of ether oxygens (including phenoxy) is 1. The van der Waals surface area contributed by atoms with E-state index in [1.54, 1.807) is 0 Å². The van der Waals surface area contributed by atoms with Crippen molar-refractivity contribution in [3.8, 4) is 5.75 Å². The van der Waals surface area contributed by atoms with Crippen molar-refractivity contribution in [2.75, 3.05) is 6.61 Å². The third-order valence-corrected chi connectivity index (χ3v) is 4.34. The van der Waals surface area contributed by atoms with Crippen LogP contribution in [-0.2, 0) is 0 Å². The Kier molecular flexibility index (Phi) is 5.46. The second kappa shape index (κ2) is 7.11. The minimum Gasteiger partial charge on any atom is -0.494 e. The van der Waals surface area contributed by atoms with Crippen LogP contribution in [-0.4, -0.2) is 6.61 Å². The summed E-state index contributed by atoms with van der Waals surface area (Å²) in [6, 6.07) is 13.4. The van der Waals surface area contributed by atoms with Gasteiger partial charge in [0.15, 0.2) is 0 Å². The van der Waals surface area contributed by atoms with Crippen molar-refractivity contribution in [2.45, 2.75) is 19.4 Å². The van der Waals surface area contributed by atoms with Crippen LogP contribution < -0.4 is 10.5 Å². The van der Waals surface area contributed by atoms with Crippen LogP contribution in [0.3, 0.4) is 0 Å². The molecule has 20 heavy (non-hydrogen) atoms. The second-order valence-electron chi connectivity index (χ2n) is 4.54. The van der Waals surface area contributed by atoms with E-state index in [1.165, 1.54) is 0 Å². The van der Waals surface area contributed by atoms with Crippen molar-refractivity contribution in [3.63, 3.8) is 0 Å². The van der Waals surface area contributed by atoms with Crippen LogP contribution in [0.2, 0.25) is 5.02 Å². The number of nitrogens with two attached hydrogens (primary N) is 1. The van der Waals surface area contributed by atoms with Gasteiger partial charge in [0.2, 0.25) is 0 Å². The number of hydrogen-bond donors (Lipinski definition) is 1. The van der Waals surface area contributed by atoms with E-state index >= 15 is 0 Å². The Bertz CT molecular complexity index is 571. The van der Waals surface area contributed by atoms with E-state index in [0.717, 1.165) is 34.4 Å². The Morgan fingerprint density at radius 3 is 2.55 bits per heavy atom. The lowest BCUT2D eigenvalue weighted by molar-refractivity contribution is 0.317. The fourth-order valence-electron chi connectivity index (χ4n) is 1.93. The molecule has 0 fully saturated rings. The lowest BCUT2D eigenvalue weighted by Gasteiger charge is -2.15. The first-order valence-electron chi connectivity index (χ1n) is 6.55. The number of rotatable bonds is 5. The maximum Gasteiger partial charge on any atom is 0.119 e. The quantitative estimate of drug-likeness (QED) is 0.825. The molecule has 106 valence electrons. The molecule has 0 aromatic heterocycles. The summed E-state index contributed by atoms with van der Waals surface area (Å²) in [7, 11) is 0. The Morgan fingerprint density at radius 1 is 1.20 bits per heavy atom. The second-order valence-corrected chi connectivity index (χ2v) is 5.77. The molecule has 0 saturated carbocycles. The van der Waals surface area contributed by atoms with Crippen LogP contribution in [0, 0.1) is 0 Å². The normalized spacial score (nSPS) is 12.2. The molecule has 0 spiro atoms. The van der Waals surface area contributed by atoms with Gasteiger partial charge < -0.3 is 10.5 Å². The highest BCUT2D eigenvalue weighted by Gasteiger charge is 2.14. The molecule has 0 saturated heterocycles. The fraction of sp³-hybridized carbons (Fsp3) is 0.250. The van der Waals surface area contributed by atoms with E-state index in [4.69, 9.17) is 22.1 Å². The van der Waals surface area contributed by atoms with E-state index in [2.05, 4.69) is 22.9 Å². The lowest BCUT2D eigenvalue weighted by Crippen LogP contribution is -2.12. The summed E-state index contributed by atoms with van der Waals surface area (Å²) in [6.07, 6.45) is 0.995. The van der Waals surface area contributed by atoms with Gasteiger partial charge in [-0.3, -0.25) is 0 Å². The third kappa shape index (κ3) is 3.54. The first-order valence-corrected chi connectivity index (χ1v) is 7.72. The largest absolute Gasteiger partial charge is 0.494 e. The minimum atomic E-state index is -0.250. The number of hydrogen-bond acceptors (Lipinski definition) is 2. The maximum absolute atomic E-state index is 6.29. The van der Waals surface area contributed by atoms with E-state index in [9.17, 15) is 0 Å². The number of benzene rings is 2. The highest BCUT2D eigenvalue weighted by molar-refractivity contribution is 9.10. The van der Waals surface area contributed by atoms with Gasteiger partial charge in [0.25, 0.3) is 0 Å². The van der Waals surface area contributed by atoms with Crippen molar-refractivity contribution in [1.29, 1.82) is 0 Å². The maximum atomic E-state index is 6.29. The molecule has 1 unspecified atom stereocenters. The predicted molar refractivity (Wildman–Crippen MR) is 87.4 cm³/mol. The molecular weight excluding hydrogens is 338 g/mol. The zero-order valence-corrected chi connectivity index (χ0v) is 13.6. The van der Waals surface area contributed by atoms with Crippen LogP contribution >= 0.6 is 27.5 Å². The molecule has 0 amide bonds. The molecule has 2 aromatic carbocycles. The van der Waals surface area contributed by atoms with Crippen LogP contribution in [0.5, 0.6) is 5.75 Å². The summed E-state index contributed by atoms with van der Waals surface area (Å²) in [4.78, 5) is 0. The van der Waals surface area contributed by atoms with Gasteiger partial charge in [-0.1, -0.05) is 42.8 Å². The van der Waals surface area contributed by atoms with Crippen LogP contribution in [0.4, 0.5) is 0 Å². The smallest absolute Gasteiger partial charge is 0.119 e. The Morgan fingerprint density at radius 2 is 1.90 bits per heavy atom. The van der Waals surface area contributed by atoms with Gasteiger partial charge in [-0.15, -0.1) is 0 Å². The summed E-state index contributed by atoms with van der Waals surface area (Å²) in [5.74, 6) is 0.864. The summed E-state index contributed by atoms with van der Waals surface area (Å²) in [5.41, 5.74) is 8.20. The van der Waals surface area contributed by atoms with Crippen molar-refractivity contribution < 1.29 is 4.74 Å². The van der Waals surface area contributed by atoms with Crippen molar-refractivity contribution in [2.24, 2.45) is 5.73 Å². The highest BCUT2D eigenvalue weighted by Crippen LogP contribution is 2.32. The summed E-state index contributed by atoms with van der Waals surface area (Å²) in [6.45, 7) is 2.81. The summed E-state index contributed by atoms with van der Waals surface area (Å²) < 4.78 is 6.42. The molecule has 0 radical (unpaired) electrons. The zero-order chi connectivity index (χ0) is 14.5. The fourth-order valence-corrected chi connectivity index (χ4v) is 2.56. The van der Waals surface area contributed by atoms with E-state index in [1.807, 2.05) is 42.5 Å². The lowest BCUT2D eigenvalue weighted by atomic mass is 9.99. The Hall–Kier alpha value is -1.03. The molecule has 0 aliphatic heterocycles. The first kappa shape index (κ1) is 15.4. The average Bonchev–Trinajstić information content (AvgIpc) is 2.48. The zero-order valence-electron chi connectivity index (χ0n) is 11.3. The van der Waals surface area contributed by atoms with Gasteiger partial charge in [0.05, 0.1) is 17.7 Å². The Balaban J connectivity index is 2.20.